The smallest absolute Gasteiger partial charge is 0.163 e. The highest BCUT2D eigenvalue weighted by molar-refractivity contribution is 5.55. The highest BCUT2D eigenvalue weighted by Gasteiger charge is 2.11. The van der Waals surface area contributed by atoms with E-state index in [1.807, 2.05) is 32.0 Å². The maximum atomic E-state index is 5.64. The first-order chi connectivity index (χ1) is 10.2. The van der Waals surface area contributed by atoms with Crippen LogP contribution in [0.1, 0.15) is 26.7 Å². The lowest BCUT2D eigenvalue weighted by Crippen LogP contribution is -2.25. The molecule has 1 rings (SSSR count). The Labute approximate surface area is 127 Å². The van der Waals surface area contributed by atoms with Crippen molar-refractivity contribution in [2.24, 2.45) is 5.73 Å². The Kier molecular flexibility index (Phi) is 8.62. The molecule has 21 heavy (non-hydrogen) atoms. The predicted octanol–water partition coefficient (Wildman–Crippen LogP) is 2.65. The number of hydrogen-bond acceptors (Lipinski definition) is 5. The van der Waals surface area contributed by atoms with Crippen molar-refractivity contribution in [3.8, 4) is 11.5 Å². The zero-order chi connectivity index (χ0) is 15.5. The fourth-order valence-electron chi connectivity index (χ4n) is 2.14. The lowest BCUT2D eigenvalue weighted by molar-refractivity contribution is 0.182. The van der Waals surface area contributed by atoms with Crippen LogP contribution in [0, 0.1) is 0 Å². The van der Waals surface area contributed by atoms with Crippen molar-refractivity contribution in [1.29, 1.82) is 0 Å². The van der Waals surface area contributed by atoms with E-state index >= 15 is 0 Å². The molecular weight excluding hydrogens is 268 g/mol. The number of benzene rings is 1. The van der Waals surface area contributed by atoms with E-state index in [1.54, 1.807) is 7.11 Å². The Hall–Kier alpha value is -1.46. The van der Waals surface area contributed by atoms with E-state index in [4.69, 9.17) is 19.9 Å². The van der Waals surface area contributed by atoms with Gasteiger partial charge in [0.15, 0.2) is 11.5 Å². The van der Waals surface area contributed by atoms with Crippen LogP contribution in [0.4, 0.5) is 5.69 Å². The van der Waals surface area contributed by atoms with Gasteiger partial charge in [-0.05, 0) is 45.4 Å². The molecule has 1 unspecified atom stereocenters. The molecule has 1 aromatic carbocycles. The molecule has 0 spiro atoms. The van der Waals surface area contributed by atoms with Crippen LogP contribution in [-0.2, 0) is 4.74 Å². The molecule has 1 atom stereocenters. The van der Waals surface area contributed by atoms with Crippen molar-refractivity contribution >= 4 is 5.69 Å². The first kappa shape index (κ1) is 17.6. The summed E-state index contributed by atoms with van der Waals surface area (Å²) in [5, 5.41) is 3.47. The Bertz CT molecular complexity index is 399. The minimum absolute atomic E-state index is 0.242. The molecule has 0 radical (unpaired) electrons. The average molecular weight is 296 g/mol. The normalized spacial score (nSPS) is 12.0. The van der Waals surface area contributed by atoms with Gasteiger partial charge in [0, 0.05) is 24.9 Å². The molecule has 0 aliphatic carbocycles. The SMILES string of the molecule is CCOc1ccc(NC(CCCN)COC)cc1OCC. The zero-order valence-corrected chi connectivity index (χ0v) is 13.4. The van der Waals surface area contributed by atoms with Crippen molar-refractivity contribution < 1.29 is 14.2 Å². The Balaban J connectivity index is 2.78. The highest BCUT2D eigenvalue weighted by Crippen LogP contribution is 2.31. The van der Waals surface area contributed by atoms with E-state index in [0.717, 1.165) is 30.0 Å². The molecule has 0 fully saturated rings. The van der Waals surface area contributed by atoms with Gasteiger partial charge in [-0.25, -0.2) is 0 Å². The lowest BCUT2D eigenvalue weighted by atomic mass is 10.1. The van der Waals surface area contributed by atoms with Crippen molar-refractivity contribution in [3.05, 3.63) is 18.2 Å². The lowest BCUT2D eigenvalue weighted by Gasteiger charge is -2.20. The van der Waals surface area contributed by atoms with Crippen molar-refractivity contribution in [1.82, 2.24) is 0 Å². The summed E-state index contributed by atoms with van der Waals surface area (Å²) < 4.78 is 16.5. The molecule has 0 amide bonds. The monoisotopic (exact) mass is 296 g/mol. The minimum Gasteiger partial charge on any atom is -0.490 e. The molecule has 0 saturated heterocycles. The van der Waals surface area contributed by atoms with Gasteiger partial charge in [0.25, 0.3) is 0 Å². The van der Waals surface area contributed by atoms with Gasteiger partial charge < -0.3 is 25.3 Å². The second kappa shape index (κ2) is 10.3. The van der Waals surface area contributed by atoms with Gasteiger partial charge in [-0.3, -0.25) is 0 Å². The number of methoxy groups -OCH3 is 1. The minimum atomic E-state index is 0.242. The second-order valence-electron chi connectivity index (χ2n) is 4.76. The van der Waals surface area contributed by atoms with E-state index in [2.05, 4.69) is 5.32 Å². The number of anilines is 1. The highest BCUT2D eigenvalue weighted by atomic mass is 16.5. The summed E-state index contributed by atoms with van der Waals surface area (Å²) >= 11 is 0. The number of nitrogens with one attached hydrogen (secondary N) is 1. The quantitative estimate of drug-likeness (QED) is 0.657. The molecule has 0 saturated carbocycles. The van der Waals surface area contributed by atoms with E-state index in [0.29, 0.717) is 26.4 Å². The van der Waals surface area contributed by atoms with Gasteiger partial charge in [-0.15, -0.1) is 0 Å². The van der Waals surface area contributed by atoms with Crippen LogP contribution in [0.5, 0.6) is 11.5 Å². The van der Waals surface area contributed by atoms with Gasteiger partial charge in [0.1, 0.15) is 0 Å². The van der Waals surface area contributed by atoms with Crippen molar-refractivity contribution in [2.45, 2.75) is 32.7 Å². The van der Waals surface area contributed by atoms with Crippen LogP contribution in [0.15, 0.2) is 18.2 Å². The van der Waals surface area contributed by atoms with Crippen molar-refractivity contribution in [3.63, 3.8) is 0 Å². The molecular formula is C16H28N2O3. The number of rotatable bonds is 11. The molecule has 0 heterocycles. The molecule has 1 aromatic rings. The van der Waals surface area contributed by atoms with Gasteiger partial charge >= 0.3 is 0 Å². The summed E-state index contributed by atoms with van der Waals surface area (Å²) in [4.78, 5) is 0. The molecule has 0 aromatic heterocycles. The van der Waals surface area contributed by atoms with Gasteiger partial charge in [-0.2, -0.15) is 0 Å². The third-order valence-electron chi connectivity index (χ3n) is 3.04. The summed E-state index contributed by atoms with van der Waals surface area (Å²) in [7, 11) is 1.71. The number of ether oxygens (including phenoxy) is 3. The predicted molar refractivity (Wildman–Crippen MR) is 86.4 cm³/mol. The van der Waals surface area contributed by atoms with Crippen LogP contribution >= 0.6 is 0 Å². The maximum absolute atomic E-state index is 5.64. The molecule has 5 heteroatoms. The Morgan fingerprint density at radius 2 is 1.86 bits per heavy atom. The van der Waals surface area contributed by atoms with E-state index < -0.39 is 0 Å². The molecule has 5 nitrogen and oxygen atoms in total. The van der Waals surface area contributed by atoms with E-state index in [9.17, 15) is 0 Å². The summed E-state index contributed by atoms with van der Waals surface area (Å²) in [6, 6.07) is 6.15. The largest absolute Gasteiger partial charge is 0.490 e. The fourth-order valence-corrected chi connectivity index (χ4v) is 2.14. The van der Waals surface area contributed by atoms with Gasteiger partial charge in [0.2, 0.25) is 0 Å². The van der Waals surface area contributed by atoms with Gasteiger partial charge in [0.05, 0.1) is 19.8 Å². The zero-order valence-electron chi connectivity index (χ0n) is 13.4. The standard InChI is InChI=1S/C16H28N2O3/c1-4-20-15-9-8-13(11-16(15)21-5-2)18-14(12-19-3)7-6-10-17/h8-9,11,14,18H,4-7,10,12,17H2,1-3H3. The summed E-state index contributed by atoms with van der Waals surface area (Å²) in [5.41, 5.74) is 6.58. The molecule has 0 aliphatic heterocycles. The third-order valence-corrected chi connectivity index (χ3v) is 3.04. The maximum Gasteiger partial charge on any atom is 0.163 e. The van der Waals surface area contributed by atoms with Crippen LogP contribution < -0.4 is 20.5 Å². The molecule has 120 valence electrons. The summed E-state index contributed by atoms with van der Waals surface area (Å²) in [5.74, 6) is 1.54. The van der Waals surface area contributed by atoms with Crippen LogP contribution in [0.3, 0.4) is 0 Å². The topological polar surface area (TPSA) is 65.7 Å². The van der Waals surface area contributed by atoms with Gasteiger partial charge in [-0.1, -0.05) is 0 Å². The van der Waals surface area contributed by atoms with Crippen molar-refractivity contribution in [2.75, 3.05) is 38.8 Å². The summed E-state index contributed by atoms with van der Waals surface area (Å²) in [6.45, 7) is 6.49. The first-order valence-corrected chi connectivity index (χ1v) is 7.60. The van der Waals surface area contributed by atoms with E-state index in [-0.39, 0.29) is 6.04 Å². The Morgan fingerprint density at radius 1 is 1.14 bits per heavy atom. The molecule has 3 N–H and O–H groups in total. The molecule has 0 bridgehead atoms. The van der Waals surface area contributed by atoms with Crippen LogP contribution in [0.25, 0.3) is 0 Å². The summed E-state index contributed by atoms with van der Waals surface area (Å²) in [6.07, 6.45) is 1.94. The van der Waals surface area contributed by atoms with E-state index in [1.165, 1.54) is 0 Å². The second-order valence-corrected chi connectivity index (χ2v) is 4.76. The molecule has 0 aliphatic rings. The number of hydrogen-bond donors (Lipinski definition) is 2. The fraction of sp³-hybridized carbons (Fsp3) is 0.625. The van der Waals surface area contributed by atoms with Crippen LogP contribution in [-0.4, -0.2) is 39.5 Å². The third kappa shape index (κ3) is 6.23. The first-order valence-electron chi connectivity index (χ1n) is 7.60. The average Bonchev–Trinajstić information content (AvgIpc) is 2.48. The number of nitrogens with two attached hydrogens (primary N) is 1. The van der Waals surface area contributed by atoms with Crippen LogP contribution in [0.2, 0.25) is 0 Å². The Morgan fingerprint density at radius 3 is 2.48 bits per heavy atom.